The van der Waals surface area contributed by atoms with E-state index >= 15 is 0 Å². The maximum atomic E-state index is 2.84. The van der Waals surface area contributed by atoms with E-state index < -0.39 is 8.24 Å². The molecule has 0 aromatic carbocycles. The molecule has 0 aromatic rings. The minimum Gasteiger partial charge on any atom is -0.320 e. The summed E-state index contributed by atoms with van der Waals surface area (Å²) in [5.41, 5.74) is 0. The van der Waals surface area contributed by atoms with Crippen LogP contribution in [0.5, 0.6) is 0 Å². The van der Waals surface area contributed by atoms with E-state index in [1.54, 1.807) is 0 Å². The lowest BCUT2D eigenvalue weighted by Gasteiger charge is -2.35. The van der Waals surface area contributed by atoms with Gasteiger partial charge in [0.1, 0.15) is 8.24 Å². The molecular weight excluding hydrogens is 162 g/mol. The lowest BCUT2D eigenvalue weighted by atomic mass is 10.2. The molecule has 0 radical (unpaired) electrons. The van der Waals surface area contributed by atoms with Gasteiger partial charge in [0.15, 0.2) is 0 Å². The van der Waals surface area contributed by atoms with Gasteiger partial charge in [0.25, 0.3) is 0 Å². The largest absolute Gasteiger partial charge is 0.320 e. The second-order valence-corrected chi connectivity index (χ2v) is 9.41. The van der Waals surface area contributed by atoms with E-state index in [2.05, 4.69) is 29.8 Å². The van der Waals surface area contributed by atoms with Gasteiger partial charge in [-0.3, -0.25) is 0 Å². The molecule has 1 aliphatic carbocycles. The summed E-state index contributed by atoms with van der Waals surface area (Å²) in [6.45, 7) is 6.43. The molecule has 0 amide bonds. The molecule has 0 spiro atoms. The Kier molecular flexibility index (Phi) is 2.13. The summed E-state index contributed by atoms with van der Waals surface area (Å²) >= 11 is 0. The Balaban J connectivity index is 2.03. The standard InChI is InChI=1S/C10H19NSi/c1-12(2)9-5-8-11(12)10-6-3-4-7-10/h3-4,10H,5-9H2,1-2H3. The molecule has 1 fully saturated rings. The Bertz CT molecular complexity index is 190. The minimum atomic E-state index is -0.941. The van der Waals surface area contributed by atoms with Crippen LogP contribution in [0.3, 0.4) is 0 Å². The van der Waals surface area contributed by atoms with Crippen LogP contribution in [0.1, 0.15) is 19.3 Å². The van der Waals surface area contributed by atoms with Crippen LogP contribution in [-0.4, -0.2) is 25.4 Å². The highest BCUT2D eigenvalue weighted by atomic mass is 28.3. The van der Waals surface area contributed by atoms with Crippen molar-refractivity contribution < 1.29 is 0 Å². The molecule has 2 aliphatic rings. The first-order valence-electron chi connectivity index (χ1n) is 5.12. The fraction of sp³-hybridized carbons (Fsp3) is 0.800. The van der Waals surface area contributed by atoms with Crippen molar-refractivity contribution in [3.63, 3.8) is 0 Å². The van der Waals surface area contributed by atoms with E-state index in [0.29, 0.717) is 0 Å². The van der Waals surface area contributed by atoms with Gasteiger partial charge in [-0.15, -0.1) is 0 Å². The van der Waals surface area contributed by atoms with E-state index in [4.69, 9.17) is 0 Å². The van der Waals surface area contributed by atoms with Gasteiger partial charge in [0.2, 0.25) is 0 Å². The first-order valence-corrected chi connectivity index (χ1v) is 8.27. The smallest absolute Gasteiger partial charge is 0.122 e. The first-order chi connectivity index (χ1) is 5.70. The fourth-order valence-electron chi connectivity index (χ4n) is 2.66. The van der Waals surface area contributed by atoms with E-state index in [1.165, 1.54) is 31.9 Å². The van der Waals surface area contributed by atoms with Crippen molar-refractivity contribution in [3.05, 3.63) is 12.2 Å². The Morgan fingerprint density at radius 2 is 1.92 bits per heavy atom. The van der Waals surface area contributed by atoms with Gasteiger partial charge in [-0.05, 0) is 31.9 Å². The second-order valence-electron chi connectivity index (χ2n) is 4.71. The molecule has 1 aliphatic heterocycles. The molecule has 2 heteroatoms. The van der Waals surface area contributed by atoms with Gasteiger partial charge in [0.05, 0.1) is 0 Å². The van der Waals surface area contributed by atoms with Crippen LogP contribution >= 0.6 is 0 Å². The van der Waals surface area contributed by atoms with Gasteiger partial charge < -0.3 is 4.57 Å². The SMILES string of the molecule is C[Si]1(C)CCCN1C1CC=CC1. The average Bonchev–Trinajstić information content (AvgIpc) is 2.55. The molecule has 0 saturated carbocycles. The Morgan fingerprint density at radius 3 is 2.42 bits per heavy atom. The molecular formula is C10H19NSi. The summed E-state index contributed by atoms with van der Waals surface area (Å²) in [6.07, 6.45) is 8.80. The molecule has 0 unspecified atom stereocenters. The van der Waals surface area contributed by atoms with Crippen LogP contribution in [0.4, 0.5) is 0 Å². The molecule has 0 aromatic heterocycles. The Hall–Kier alpha value is -0.0831. The maximum absolute atomic E-state index is 2.84. The van der Waals surface area contributed by atoms with Gasteiger partial charge in [-0.2, -0.15) is 0 Å². The van der Waals surface area contributed by atoms with Crippen molar-refractivity contribution >= 4 is 8.24 Å². The highest BCUT2D eigenvalue weighted by Crippen LogP contribution is 2.31. The third-order valence-corrected chi connectivity index (χ3v) is 7.11. The quantitative estimate of drug-likeness (QED) is 0.444. The van der Waals surface area contributed by atoms with Crippen LogP contribution in [0, 0.1) is 0 Å². The van der Waals surface area contributed by atoms with Crippen molar-refractivity contribution in [3.8, 4) is 0 Å². The monoisotopic (exact) mass is 181 g/mol. The molecule has 1 nitrogen and oxygen atoms in total. The summed E-state index contributed by atoms with van der Waals surface area (Å²) in [5, 5.41) is 0. The van der Waals surface area contributed by atoms with Gasteiger partial charge in [-0.1, -0.05) is 25.2 Å². The van der Waals surface area contributed by atoms with Crippen molar-refractivity contribution in [2.45, 2.75) is 44.4 Å². The zero-order valence-corrected chi connectivity index (χ0v) is 9.21. The van der Waals surface area contributed by atoms with Crippen molar-refractivity contribution in [1.29, 1.82) is 0 Å². The average molecular weight is 181 g/mol. The molecule has 1 saturated heterocycles. The minimum absolute atomic E-state index is 0.883. The Morgan fingerprint density at radius 1 is 1.25 bits per heavy atom. The summed E-state index contributed by atoms with van der Waals surface area (Å²) < 4.78 is 2.84. The van der Waals surface area contributed by atoms with Crippen LogP contribution < -0.4 is 0 Å². The maximum Gasteiger partial charge on any atom is 0.122 e. The van der Waals surface area contributed by atoms with E-state index in [-0.39, 0.29) is 0 Å². The molecule has 2 rings (SSSR count). The predicted molar refractivity (Wildman–Crippen MR) is 55.8 cm³/mol. The van der Waals surface area contributed by atoms with Crippen molar-refractivity contribution in [2.24, 2.45) is 0 Å². The zero-order chi connectivity index (χ0) is 8.60. The normalized spacial score (nSPS) is 30.2. The first kappa shape index (κ1) is 8.51. The van der Waals surface area contributed by atoms with Crippen LogP contribution in [0.15, 0.2) is 12.2 Å². The lowest BCUT2D eigenvalue weighted by Crippen LogP contribution is -2.48. The lowest BCUT2D eigenvalue weighted by molar-refractivity contribution is 0.351. The molecule has 68 valence electrons. The number of rotatable bonds is 1. The summed E-state index contributed by atoms with van der Waals surface area (Å²) in [6, 6.07) is 2.40. The Labute approximate surface area is 76.5 Å². The summed E-state index contributed by atoms with van der Waals surface area (Å²) in [5.74, 6) is 0. The molecule has 0 bridgehead atoms. The second kappa shape index (κ2) is 3.00. The topological polar surface area (TPSA) is 3.24 Å². The number of hydrogen-bond donors (Lipinski definition) is 0. The van der Waals surface area contributed by atoms with Gasteiger partial charge in [0, 0.05) is 6.04 Å². The highest BCUT2D eigenvalue weighted by molar-refractivity contribution is 6.75. The third kappa shape index (κ3) is 1.38. The molecule has 0 N–H and O–H groups in total. The number of nitrogens with zero attached hydrogens (tertiary/aromatic N) is 1. The van der Waals surface area contributed by atoms with Crippen LogP contribution in [0.25, 0.3) is 0 Å². The zero-order valence-electron chi connectivity index (χ0n) is 8.21. The highest BCUT2D eigenvalue weighted by Gasteiger charge is 2.38. The third-order valence-electron chi connectivity index (χ3n) is 3.39. The van der Waals surface area contributed by atoms with Crippen molar-refractivity contribution in [2.75, 3.05) is 6.54 Å². The molecule has 0 atom stereocenters. The van der Waals surface area contributed by atoms with E-state index in [0.717, 1.165) is 6.04 Å². The van der Waals surface area contributed by atoms with E-state index in [9.17, 15) is 0 Å². The summed E-state index contributed by atoms with van der Waals surface area (Å²) in [7, 11) is -0.941. The van der Waals surface area contributed by atoms with Crippen LogP contribution in [0.2, 0.25) is 19.1 Å². The molecule has 12 heavy (non-hydrogen) atoms. The van der Waals surface area contributed by atoms with Crippen LogP contribution in [-0.2, 0) is 0 Å². The van der Waals surface area contributed by atoms with Gasteiger partial charge in [-0.25, -0.2) is 0 Å². The van der Waals surface area contributed by atoms with Crippen molar-refractivity contribution in [1.82, 2.24) is 4.57 Å². The van der Waals surface area contributed by atoms with Gasteiger partial charge >= 0.3 is 0 Å². The molecule has 1 heterocycles. The predicted octanol–water partition coefficient (Wildman–Crippen LogP) is 2.62. The number of hydrogen-bond acceptors (Lipinski definition) is 1. The summed E-state index contributed by atoms with van der Waals surface area (Å²) in [4.78, 5) is 0. The van der Waals surface area contributed by atoms with E-state index in [1.807, 2.05) is 0 Å². The fourth-order valence-corrected chi connectivity index (χ4v) is 5.94.